The van der Waals surface area contributed by atoms with E-state index in [1.54, 1.807) is 12.1 Å². The van der Waals surface area contributed by atoms with Crippen LogP contribution >= 0.6 is 0 Å². The molecule has 51 heavy (non-hydrogen) atoms. The van der Waals surface area contributed by atoms with E-state index in [-0.39, 0.29) is 24.3 Å². The molecule has 2 aliphatic heterocycles. The van der Waals surface area contributed by atoms with Gasteiger partial charge in [0.2, 0.25) is 5.95 Å². The number of rotatable bonds is 6. The number of amides is 3. The van der Waals surface area contributed by atoms with Crippen molar-refractivity contribution in [1.82, 2.24) is 20.6 Å². The van der Waals surface area contributed by atoms with Crippen LogP contribution in [-0.4, -0.2) is 71.4 Å². The Hall–Kier alpha value is -5.80. The Labute approximate surface area is 289 Å². The zero-order valence-corrected chi connectivity index (χ0v) is 27.8. The Bertz CT molecular complexity index is 1910. The number of fused-ring (bicyclic) bond motifs is 1. The summed E-state index contributed by atoms with van der Waals surface area (Å²) in [6.07, 6.45) is -5.08. The molecule has 3 aromatic carbocycles. The second-order valence-corrected chi connectivity index (χ2v) is 12.0. The van der Waals surface area contributed by atoms with Crippen LogP contribution in [0.4, 0.5) is 49.9 Å². The fraction of sp³-hybridized carbons (Fsp3) is 0.286. The molecule has 0 radical (unpaired) electrons. The molecule has 3 N–H and O–H groups in total. The number of alkyl halides is 3. The molecule has 0 aliphatic carbocycles. The van der Waals surface area contributed by atoms with E-state index in [0.29, 0.717) is 54.5 Å². The number of anilines is 4. The van der Waals surface area contributed by atoms with Crippen molar-refractivity contribution in [1.29, 1.82) is 0 Å². The number of benzene rings is 3. The number of nitrogens with zero attached hydrogens (tertiary/aromatic N) is 5. The van der Waals surface area contributed by atoms with Crippen molar-refractivity contribution in [3.63, 3.8) is 0 Å². The van der Waals surface area contributed by atoms with Gasteiger partial charge in [-0.15, -0.1) is 0 Å². The number of carboxylic acids is 1. The molecule has 2 aliphatic rings. The lowest BCUT2D eigenvalue weighted by Crippen LogP contribution is -2.48. The molecular formula is C35H34F5N7O4. The van der Waals surface area contributed by atoms with Gasteiger partial charge in [0.15, 0.2) is 5.82 Å². The number of aromatic nitrogens is 2. The first-order valence-corrected chi connectivity index (χ1v) is 15.9. The second kappa shape index (κ2) is 15.0. The van der Waals surface area contributed by atoms with Crippen LogP contribution in [0.5, 0.6) is 0 Å². The molecule has 0 atom stereocenters. The molecule has 0 unspecified atom stereocenters. The molecule has 0 spiro atoms. The standard InChI is InChI=1S/C33H33F2N7O2.C2HF3O2/c1-20(2)37-31(43)22-13-12-21(3)24(18-22)28-25-19-36-33(44)42(29-26(34)10-7-11-27(29)35)30(25)39-32(38-28)41-16-14-40(15-17-41)23-8-5-4-6-9-23;3-2(4,5)1(6)7/h4-13,18,20H,14-17,19H2,1-3H3,(H,36,44)(H,37,43);(H,6,7). The molecule has 268 valence electrons. The summed E-state index contributed by atoms with van der Waals surface area (Å²) < 4.78 is 62.0. The maximum absolute atomic E-state index is 15.1. The van der Waals surface area contributed by atoms with Crippen LogP contribution in [0.3, 0.4) is 0 Å². The van der Waals surface area contributed by atoms with E-state index < -0.39 is 35.5 Å². The number of urea groups is 1. The third-order valence-electron chi connectivity index (χ3n) is 8.07. The SMILES string of the molecule is Cc1ccc(C(=O)NC(C)C)cc1-c1nc(N2CCN(c3ccccc3)CC2)nc2c1CNC(=O)N2c1c(F)cccc1F.O=C(O)C(F)(F)F. The number of piperazine rings is 1. The maximum Gasteiger partial charge on any atom is 0.490 e. The molecule has 4 aromatic rings. The van der Waals surface area contributed by atoms with Crippen molar-refractivity contribution in [2.24, 2.45) is 0 Å². The number of hydrogen-bond donors (Lipinski definition) is 3. The summed E-state index contributed by atoms with van der Waals surface area (Å²) in [6, 6.07) is 18.2. The summed E-state index contributed by atoms with van der Waals surface area (Å²) in [5, 5.41) is 12.8. The van der Waals surface area contributed by atoms with Crippen molar-refractivity contribution < 1.29 is 41.4 Å². The Morgan fingerprint density at radius 1 is 0.902 bits per heavy atom. The molecule has 3 amide bonds. The third-order valence-corrected chi connectivity index (χ3v) is 8.07. The predicted octanol–water partition coefficient (Wildman–Crippen LogP) is 6.19. The van der Waals surface area contributed by atoms with Crippen molar-refractivity contribution >= 4 is 41.0 Å². The number of carboxylic acid groups (broad SMARTS) is 1. The molecular weight excluding hydrogens is 677 g/mol. The first kappa shape index (κ1) is 36.5. The van der Waals surface area contributed by atoms with Crippen LogP contribution in [0.15, 0.2) is 66.7 Å². The number of hydrogen-bond acceptors (Lipinski definition) is 7. The van der Waals surface area contributed by atoms with E-state index in [4.69, 9.17) is 19.9 Å². The zero-order chi connectivity index (χ0) is 37.0. The summed E-state index contributed by atoms with van der Waals surface area (Å²) in [5.74, 6) is -4.35. The first-order valence-electron chi connectivity index (χ1n) is 15.9. The van der Waals surface area contributed by atoms with E-state index in [9.17, 15) is 22.8 Å². The molecule has 0 bridgehead atoms. The highest BCUT2D eigenvalue weighted by atomic mass is 19.4. The van der Waals surface area contributed by atoms with Gasteiger partial charge in [-0.05, 0) is 62.7 Å². The minimum Gasteiger partial charge on any atom is -0.475 e. The maximum atomic E-state index is 15.1. The third kappa shape index (κ3) is 8.16. The average Bonchev–Trinajstić information content (AvgIpc) is 3.09. The zero-order valence-electron chi connectivity index (χ0n) is 27.8. The van der Waals surface area contributed by atoms with Gasteiger partial charge in [0, 0.05) is 54.6 Å². The van der Waals surface area contributed by atoms with Crippen LogP contribution < -0.4 is 25.3 Å². The van der Waals surface area contributed by atoms with Gasteiger partial charge in [0.05, 0.1) is 12.2 Å². The number of halogens is 5. The smallest absolute Gasteiger partial charge is 0.475 e. The Kier molecular flexibility index (Phi) is 10.7. The molecule has 1 fully saturated rings. The summed E-state index contributed by atoms with van der Waals surface area (Å²) in [6.45, 7) is 8.30. The molecule has 6 rings (SSSR count). The van der Waals surface area contributed by atoms with Gasteiger partial charge in [-0.1, -0.05) is 30.3 Å². The number of aliphatic carboxylic acids is 1. The largest absolute Gasteiger partial charge is 0.490 e. The van der Waals surface area contributed by atoms with Crippen LogP contribution in [0.25, 0.3) is 11.3 Å². The summed E-state index contributed by atoms with van der Waals surface area (Å²) in [5.41, 5.74) is 3.52. The normalized spacial score (nSPS) is 14.4. The lowest BCUT2D eigenvalue weighted by molar-refractivity contribution is -0.192. The lowest BCUT2D eigenvalue weighted by atomic mass is 9.97. The highest BCUT2D eigenvalue weighted by Gasteiger charge is 2.38. The van der Waals surface area contributed by atoms with Gasteiger partial charge in [0.1, 0.15) is 17.3 Å². The number of aryl methyl sites for hydroxylation is 1. The number of para-hydroxylation sites is 2. The number of carbonyl (C=O) groups is 3. The topological polar surface area (TPSA) is 131 Å². The van der Waals surface area contributed by atoms with E-state index in [2.05, 4.69) is 27.7 Å². The molecule has 0 saturated carbocycles. The minimum atomic E-state index is -5.08. The van der Waals surface area contributed by atoms with Crippen LogP contribution in [0.1, 0.15) is 35.3 Å². The highest BCUT2D eigenvalue weighted by molar-refractivity contribution is 6.02. The van der Waals surface area contributed by atoms with Crippen LogP contribution in [0, 0.1) is 18.6 Å². The van der Waals surface area contributed by atoms with E-state index in [1.165, 1.54) is 6.07 Å². The molecule has 3 heterocycles. The Balaban J connectivity index is 0.000000654. The fourth-order valence-electron chi connectivity index (χ4n) is 5.59. The van der Waals surface area contributed by atoms with Gasteiger partial charge in [-0.25, -0.2) is 28.3 Å². The van der Waals surface area contributed by atoms with Crippen LogP contribution in [-0.2, 0) is 11.3 Å². The van der Waals surface area contributed by atoms with Gasteiger partial charge in [0.25, 0.3) is 5.91 Å². The molecule has 16 heteroatoms. The Morgan fingerprint density at radius 3 is 2.10 bits per heavy atom. The molecule has 1 saturated heterocycles. The van der Waals surface area contributed by atoms with Crippen molar-refractivity contribution in [2.75, 3.05) is 40.9 Å². The van der Waals surface area contributed by atoms with Crippen LogP contribution in [0.2, 0.25) is 0 Å². The van der Waals surface area contributed by atoms with Gasteiger partial charge in [-0.2, -0.15) is 18.2 Å². The predicted molar refractivity (Wildman–Crippen MR) is 180 cm³/mol. The van der Waals surface area contributed by atoms with Crippen molar-refractivity contribution in [3.8, 4) is 11.3 Å². The number of carbonyl (C=O) groups excluding carboxylic acids is 2. The van der Waals surface area contributed by atoms with Gasteiger partial charge < -0.3 is 25.5 Å². The summed E-state index contributed by atoms with van der Waals surface area (Å²) in [7, 11) is 0. The van der Waals surface area contributed by atoms with Crippen molar-refractivity contribution in [3.05, 3.63) is 95.1 Å². The van der Waals surface area contributed by atoms with E-state index >= 15 is 8.78 Å². The first-order chi connectivity index (χ1) is 24.1. The summed E-state index contributed by atoms with van der Waals surface area (Å²) in [4.78, 5) is 50.1. The average molecular weight is 712 g/mol. The van der Waals surface area contributed by atoms with E-state index in [1.807, 2.05) is 49.9 Å². The Morgan fingerprint density at radius 2 is 1.51 bits per heavy atom. The highest BCUT2D eigenvalue weighted by Crippen LogP contribution is 2.40. The molecule has 1 aromatic heterocycles. The van der Waals surface area contributed by atoms with E-state index in [0.717, 1.165) is 28.3 Å². The quantitative estimate of drug-likeness (QED) is 0.202. The lowest BCUT2D eigenvalue weighted by Gasteiger charge is -2.37. The van der Waals surface area contributed by atoms with Gasteiger partial charge >= 0.3 is 18.2 Å². The fourth-order valence-corrected chi connectivity index (χ4v) is 5.59. The summed E-state index contributed by atoms with van der Waals surface area (Å²) >= 11 is 0. The van der Waals surface area contributed by atoms with Crippen molar-refractivity contribution in [2.45, 2.75) is 39.5 Å². The minimum absolute atomic E-state index is 0.0417. The number of nitrogens with one attached hydrogen (secondary N) is 2. The van der Waals surface area contributed by atoms with Gasteiger partial charge in [-0.3, -0.25) is 4.79 Å². The molecule has 11 nitrogen and oxygen atoms in total. The second-order valence-electron chi connectivity index (χ2n) is 12.0. The monoisotopic (exact) mass is 711 g/mol.